The zero-order valence-electron chi connectivity index (χ0n) is 10.2. The predicted molar refractivity (Wildman–Crippen MR) is 64.0 cm³/mol. The summed E-state index contributed by atoms with van der Waals surface area (Å²) in [6.07, 6.45) is 0.696. The second kappa shape index (κ2) is 5.85. The highest BCUT2D eigenvalue weighted by molar-refractivity contribution is 5.31. The Balaban J connectivity index is 2.81. The predicted octanol–water partition coefficient (Wildman–Crippen LogP) is 2.61. The maximum atomic E-state index is 13.8. The molecule has 0 spiro atoms. The summed E-state index contributed by atoms with van der Waals surface area (Å²) in [7, 11) is 1.48. The minimum Gasteiger partial charge on any atom is -0.494 e. The largest absolute Gasteiger partial charge is 0.494 e. The number of nitrogens with two attached hydrogens (primary N) is 1. The SMILES string of the molecule is COc1cccc(CC(C)C(C)CN)c1F. The van der Waals surface area contributed by atoms with E-state index < -0.39 is 0 Å². The van der Waals surface area contributed by atoms with Crippen LogP contribution in [0.1, 0.15) is 19.4 Å². The highest BCUT2D eigenvalue weighted by Gasteiger charge is 2.15. The Labute approximate surface area is 96.6 Å². The van der Waals surface area contributed by atoms with Crippen LogP contribution in [-0.2, 0) is 6.42 Å². The molecule has 0 heterocycles. The van der Waals surface area contributed by atoms with Gasteiger partial charge in [-0.1, -0.05) is 26.0 Å². The molecule has 0 aliphatic rings. The van der Waals surface area contributed by atoms with Crippen molar-refractivity contribution in [2.45, 2.75) is 20.3 Å². The average molecular weight is 225 g/mol. The normalized spacial score (nSPS) is 14.6. The van der Waals surface area contributed by atoms with Crippen LogP contribution in [0.3, 0.4) is 0 Å². The van der Waals surface area contributed by atoms with Gasteiger partial charge in [-0.2, -0.15) is 0 Å². The minimum atomic E-state index is -0.249. The number of rotatable bonds is 5. The number of hydrogen-bond acceptors (Lipinski definition) is 2. The molecule has 1 aromatic rings. The summed E-state index contributed by atoms with van der Waals surface area (Å²) in [6, 6.07) is 5.25. The first kappa shape index (κ1) is 13.0. The number of hydrogen-bond donors (Lipinski definition) is 1. The third-order valence-corrected chi connectivity index (χ3v) is 3.15. The highest BCUT2D eigenvalue weighted by atomic mass is 19.1. The summed E-state index contributed by atoms with van der Waals surface area (Å²) < 4.78 is 18.8. The Morgan fingerprint density at radius 3 is 2.56 bits per heavy atom. The van der Waals surface area contributed by atoms with Crippen molar-refractivity contribution in [3.63, 3.8) is 0 Å². The van der Waals surface area contributed by atoms with Crippen molar-refractivity contribution in [3.8, 4) is 5.75 Å². The van der Waals surface area contributed by atoms with Gasteiger partial charge in [-0.25, -0.2) is 4.39 Å². The van der Waals surface area contributed by atoms with Crippen molar-refractivity contribution in [3.05, 3.63) is 29.6 Å². The van der Waals surface area contributed by atoms with E-state index in [2.05, 4.69) is 13.8 Å². The summed E-state index contributed by atoms with van der Waals surface area (Å²) in [6.45, 7) is 4.81. The molecule has 16 heavy (non-hydrogen) atoms. The van der Waals surface area contributed by atoms with Crippen LogP contribution >= 0.6 is 0 Å². The molecule has 90 valence electrons. The van der Waals surface area contributed by atoms with Crippen molar-refractivity contribution in [2.24, 2.45) is 17.6 Å². The van der Waals surface area contributed by atoms with Gasteiger partial charge in [0.25, 0.3) is 0 Å². The first-order valence-electron chi connectivity index (χ1n) is 5.61. The molecule has 1 aromatic carbocycles. The number of methoxy groups -OCH3 is 1. The minimum absolute atomic E-state index is 0.249. The topological polar surface area (TPSA) is 35.2 Å². The summed E-state index contributed by atoms with van der Waals surface area (Å²) in [5.74, 6) is 0.823. The van der Waals surface area contributed by atoms with E-state index in [1.807, 2.05) is 6.07 Å². The fourth-order valence-electron chi connectivity index (χ4n) is 1.65. The summed E-state index contributed by atoms with van der Waals surface area (Å²) >= 11 is 0. The van der Waals surface area contributed by atoms with Crippen LogP contribution in [0.25, 0.3) is 0 Å². The number of ether oxygens (including phenoxy) is 1. The van der Waals surface area contributed by atoms with E-state index in [1.54, 1.807) is 12.1 Å². The molecule has 0 aromatic heterocycles. The second-order valence-electron chi connectivity index (χ2n) is 4.33. The Morgan fingerprint density at radius 2 is 2.00 bits per heavy atom. The fraction of sp³-hybridized carbons (Fsp3) is 0.538. The molecule has 2 N–H and O–H groups in total. The lowest BCUT2D eigenvalue weighted by atomic mass is 9.89. The van der Waals surface area contributed by atoms with E-state index in [0.29, 0.717) is 36.1 Å². The van der Waals surface area contributed by atoms with Gasteiger partial charge in [0.2, 0.25) is 0 Å². The standard InChI is InChI=1S/C13H20FNO/c1-9(10(2)8-15)7-11-5-4-6-12(16-3)13(11)14/h4-6,9-10H,7-8,15H2,1-3H3. The Hall–Kier alpha value is -1.09. The molecule has 0 saturated carbocycles. The van der Waals surface area contributed by atoms with Gasteiger partial charge in [0.05, 0.1) is 7.11 Å². The van der Waals surface area contributed by atoms with Crippen molar-refractivity contribution in [1.82, 2.24) is 0 Å². The zero-order chi connectivity index (χ0) is 12.1. The molecule has 0 aliphatic carbocycles. The van der Waals surface area contributed by atoms with E-state index in [0.717, 1.165) is 0 Å². The number of benzene rings is 1. The van der Waals surface area contributed by atoms with Gasteiger partial charge in [-0.05, 0) is 36.4 Å². The van der Waals surface area contributed by atoms with Gasteiger partial charge >= 0.3 is 0 Å². The van der Waals surface area contributed by atoms with E-state index in [-0.39, 0.29) is 5.82 Å². The summed E-state index contributed by atoms with van der Waals surface area (Å²) in [5, 5.41) is 0. The average Bonchev–Trinajstić information content (AvgIpc) is 2.30. The van der Waals surface area contributed by atoms with Crippen LogP contribution in [0.4, 0.5) is 4.39 Å². The maximum absolute atomic E-state index is 13.8. The molecule has 0 saturated heterocycles. The van der Waals surface area contributed by atoms with E-state index in [9.17, 15) is 4.39 Å². The molecule has 0 radical (unpaired) electrons. The smallest absolute Gasteiger partial charge is 0.168 e. The lowest BCUT2D eigenvalue weighted by Gasteiger charge is -2.18. The zero-order valence-corrected chi connectivity index (χ0v) is 10.2. The molecular formula is C13H20FNO. The van der Waals surface area contributed by atoms with Gasteiger partial charge < -0.3 is 10.5 Å². The van der Waals surface area contributed by atoms with Crippen LogP contribution in [0.5, 0.6) is 5.75 Å². The third kappa shape index (κ3) is 2.95. The number of halogens is 1. The molecule has 0 fully saturated rings. The lowest BCUT2D eigenvalue weighted by Crippen LogP contribution is -2.20. The monoisotopic (exact) mass is 225 g/mol. The summed E-state index contributed by atoms with van der Waals surface area (Å²) in [5.41, 5.74) is 6.30. The molecule has 0 bridgehead atoms. The van der Waals surface area contributed by atoms with Gasteiger partial charge in [-0.3, -0.25) is 0 Å². The highest BCUT2D eigenvalue weighted by Crippen LogP contribution is 2.24. The molecule has 0 aliphatic heterocycles. The lowest BCUT2D eigenvalue weighted by molar-refractivity contribution is 0.369. The molecule has 1 rings (SSSR count). The Kier molecular flexibility index (Phi) is 4.74. The molecule has 3 heteroatoms. The van der Waals surface area contributed by atoms with Crippen LogP contribution in [0.2, 0.25) is 0 Å². The van der Waals surface area contributed by atoms with Gasteiger partial charge in [0, 0.05) is 0 Å². The first-order chi connectivity index (χ1) is 7.60. The van der Waals surface area contributed by atoms with Gasteiger partial charge in [-0.15, -0.1) is 0 Å². The maximum Gasteiger partial charge on any atom is 0.168 e. The molecule has 0 amide bonds. The van der Waals surface area contributed by atoms with Crippen LogP contribution < -0.4 is 10.5 Å². The Morgan fingerprint density at radius 1 is 1.31 bits per heavy atom. The van der Waals surface area contributed by atoms with E-state index >= 15 is 0 Å². The van der Waals surface area contributed by atoms with Crippen molar-refractivity contribution in [2.75, 3.05) is 13.7 Å². The quantitative estimate of drug-likeness (QED) is 0.836. The van der Waals surface area contributed by atoms with Crippen molar-refractivity contribution < 1.29 is 9.13 Å². The van der Waals surface area contributed by atoms with Crippen molar-refractivity contribution in [1.29, 1.82) is 0 Å². The van der Waals surface area contributed by atoms with Crippen LogP contribution in [-0.4, -0.2) is 13.7 Å². The molecule has 2 nitrogen and oxygen atoms in total. The first-order valence-corrected chi connectivity index (χ1v) is 5.61. The Bertz CT molecular complexity index is 341. The van der Waals surface area contributed by atoms with Crippen LogP contribution in [0, 0.1) is 17.7 Å². The van der Waals surface area contributed by atoms with Crippen molar-refractivity contribution >= 4 is 0 Å². The van der Waals surface area contributed by atoms with E-state index in [4.69, 9.17) is 10.5 Å². The summed E-state index contributed by atoms with van der Waals surface area (Å²) in [4.78, 5) is 0. The molecule has 2 atom stereocenters. The van der Waals surface area contributed by atoms with Crippen LogP contribution in [0.15, 0.2) is 18.2 Å². The second-order valence-corrected chi connectivity index (χ2v) is 4.33. The van der Waals surface area contributed by atoms with Gasteiger partial charge in [0.1, 0.15) is 0 Å². The fourth-order valence-corrected chi connectivity index (χ4v) is 1.65. The molecule has 2 unspecified atom stereocenters. The van der Waals surface area contributed by atoms with Gasteiger partial charge in [0.15, 0.2) is 11.6 Å². The van der Waals surface area contributed by atoms with E-state index in [1.165, 1.54) is 7.11 Å². The molecular weight excluding hydrogens is 205 g/mol. The third-order valence-electron chi connectivity index (χ3n) is 3.15.